The zero-order valence-electron chi connectivity index (χ0n) is 34.1. The van der Waals surface area contributed by atoms with E-state index in [0.29, 0.717) is 6.42 Å². The highest BCUT2D eigenvalue weighted by Crippen LogP contribution is 2.43. The molecule has 0 aromatic rings. The lowest BCUT2D eigenvalue weighted by Crippen LogP contribution is -2.29. The Hall–Kier alpha value is -2.77. The Kier molecular flexibility index (Phi) is 37.9. The molecule has 2 unspecified atom stereocenters. The van der Waals surface area contributed by atoms with Gasteiger partial charge in [-0.05, 0) is 77.6 Å². The maximum atomic E-state index is 12.5. The zero-order valence-corrected chi connectivity index (χ0v) is 35.0. The van der Waals surface area contributed by atoms with E-state index in [1.165, 1.54) is 57.8 Å². The van der Waals surface area contributed by atoms with Gasteiger partial charge in [0.1, 0.15) is 6.61 Å². The minimum Gasteiger partial charge on any atom is -0.462 e. The maximum Gasteiger partial charge on any atom is 0.472 e. The number of phosphoric acid groups is 1. The quantitative estimate of drug-likeness (QED) is 0.0288. The molecule has 8 nitrogen and oxygen atoms in total. The van der Waals surface area contributed by atoms with Gasteiger partial charge < -0.3 is 14.4 Å². The number of allylic oxidation sites excluding steroid dienone is 13. The van der Waals surface area contributed by atoms with Crippen LogP contribution < -0.4 is 0 Å². The second-order valence-electron chi connectivity index (χ2n) is 13.3. The number of phosphoric ester groups is 1. The van der Waals surface area contributed by atoms with Crippen LogP contribution in [-0.2, 0) is 32.7 Å². The second-order valence-corrected chi connectivity index (χ2v) is 14.7. The first-order chi connectivity index (χ1) is 26.3. The van der Waals surface area contributed by atoms with E-state index >= 15 is 0 Å². The molecule has 0 bridgehead atoms. The van der Waals surface area contributed by atoms with Crippen molar-refractivity contribution in [2.75, 3.05) is 19.8 Å². The van der Waals surface area contributed by atoms with E-state index in [2.05, 4.69) is 80.7 Å². The molecule has 0 saturated carbocycles. The molecule has 0 fully saturated rings. The smallest absolute Gasteiger partial charge is 0.462 e. The number of carbonyl (C=O) groups excluding carboxylic acids is 2. The van der Waals surface area contributed by atoms with E-state index in [9.17, 15) is 19.0 Å². The third-order valence-corrected chi connectivity index (χ3v) is 9.28. The van der Waals surface area contributed by atoms with Crippen LogP contribution in [0.25, 0.3) is 0 Å². The van der Waals surface area contributed by atoms with E-state index < -0.39 is 32.5 Å². The highest BCUT2D eigenvalue weighted by atomic mass is 31.2. The summed E-state index contributed by atoms with van der Waals surface area (Å²) >= 11 is 0. The Morgan fingerprint density at radius 3 is 1.52 bits per heavy atom. The maximum absolute atomic E-state index is 12.5. The molecule has 0 aromatic heterocycles. The molecular weight excluding hydrogens is 699 g/mol. The van der Waals surface area contributed by atoms with Crippen LogP contribution in [0, 0.1) is 0 Å². The molecule has 0 rings (SSSR count). The lowest BCUT2D eigenvalue weighted by atomic mass is 10.1. The van der Waals surface area contributed by atoms with E-state index in [0.717, 1.165) is 64.2 Å². The van der Waals surface area contributed by atoms with Gasteiger partial charge >= 0.3 is 19.8 Å². The summed E-state index contributed by atoms with van der Waals surface area (Å²) in [7, 11) is -4.31. The van der Waals surface area contributed by atoms with Crippen molar-refractivity contribution in [2.24, 2.45) is 0 Å². The molecule has 1 N–H and O–H groups in total. The van der Waals surface area contributed by atoms with E-state index in [4.69, 9.17) is 18.5 Å². The lowest BCUT2D eigenvalue weighted by molar-refractivity contribution is -0.160. The average molecular weight is 775 g/mol. The summed E-state index contributed by atoms with van der Waals surface area (Å²) in [5, 5.41) is 0. The van der Waals surface area contributed by atoms with Gasteiger partial charge in [-0.3, -0.25) is 18.6 Å². The van der Waals surface area contributed by atoms with Crippen molar-refractivity contribution in [1.82, 2.24) is 0 Å². The van der Waals surface area contributed by atoms with Gasteiger partial charge in [0.2, 0.25) is 0 Å². The van der Waals surface area contributed by atoms with Gasteiger partial charge in [0.05, 0.1) is 19.6 Å². The molecule has 0 spiro atoms. The van der Waals surface area contributed by atoms with E-state index in [1.807, 2.05) is 12.2 Å². The molecule has 0 heterocycles. The topological polar surface area (TPSA) is 108 Å². The monoisotopic (exact) mass is 775 g/mol. The van der Waals surface area contributed by atoms with Crippen molar-refractivity contribution in [1.29, 1.82) is 0 Å². The highest BCUT2D eigenvalue weighted by Gasteiger charge is 2.25. The minimum atomic E-state index is -4.31. The van der Waals surface area contributed by atoms with Gasteiger partial charge in [0.15, 0.2) is 6.10 Å². The van der Waals surface area contributed by atoms with E-state index in [-0.39, 0.29) is 26.1 Å². The van der Waals surface area contributed by atoms with Crippen molar-refractivity contribution in [2.45, 2.75) is 168 Å². The predicted molar refractivity (Wildman–Crippen MR) is 225 cm³/mol. The number of carbonyl (C=O) groups is 2. The van der Waals surface area contributed by atoms with Crippen LogP contribution in [-0.4, -0.2) is 42.8 Å². The number of hydrogen-bond acceptors (Lipinski definition) is 7. The van der Waals surface area contributed by atoms with Gasteiger partial charge in [-0.15, -0.1) is 0 Å². The SMILES string of the molecule is CC/C=C\C/C=C\C/C=C\C/C=C\C/C=C\CC(=O)OC(COC(=O)CCCCCCCCCCC/C=C\C/C=C\CCCCC)COP(=O)(O)OCC. The Labute approximate surface area is 329 Å². The average Bonchev–Trinajstić information content (AvgIpc) is 3.15. The molecule has 0 aliphatic carbocycles. The molecule has 0 saturated heterocycles. The standard InChI is InChI=1S/C45H75O8P/c1-4-7-9-11-13-15-17-19-21-22-23-24-26-27-29-31-33-35-37-39-44(46)50-41-43(42-52-54(48,49)51-6-3)53-45(47)40-38-36-34-32-30-28-25-20-18-16-14-12-10-8-5-2/h8,10,13-16,19-21,25,30,32,36,38,43H,4-7,9,11-12,17-18,22-24,26-29,31,33-35,37,39-42H2,1-3H3,(H,48,49)/b10-8-,15-13-,16-14-,21-19-,25-20-,32-30-,38-36-. The van der Waals surface area contributed by atoms with Crippen LogP contribution in [0.4, 0.5) is 0 Å². The molecule has 0 aromatic carbocycles. The van der Waals surface area contributed by atoms with Crippen LogP contribution in [0.15, 0.2) is 85.1 Å². The fourth-order valence-electron chi connectivity index (χ4n) is 5.20. The molecule has 54 heavy (non-hydrogen) atoms. The first kappa shape index (κ1) is 51.2. The summed E-state index contributed by atoms with van der Waals surface area (Å²) in [6.45, 7) is 5.20. The summed E-state index contributed by atoms with van der Waals surface area (Å²) < 4.78 is 32.5. The third kappa shape index (κ3) is 38.9. The van der Waals surface area contributed by atoms with Gasteiger partial charge in [-0.1, -0.05) is 157 Å². The molecule has 0 aliphatic rings. The van der Waals surface area contributed by atoms with Crippen molar-refractivity contribution < 1.29 is 37.6 Å². The molecular formula is C45H75O8P. The first-order valence-corrected chi connectivity index (χ1v) is 22.4. The molecule has 0 aliphatic heterocycles. The van der Waals surface area contributed by atoms with Crippen LogP contribution in [0.2, 0.25) is 0 Å². The zero-order chi connectivity index (χ0) is 39.6. The van der Waals surface area contributed by atoms with Gasteiger partial charge in [0.25, 0.3) is 0 Å². The minimum absolute atomic E-state index is 0.00885. The van der Waals surface area contributed by atoms with Gasteiger partial charge in [-0.2, -0.15) is 0 Å². The first-order valence-electron chi connectivity index (χ1n) is 20.9. The molecule has 9 heteroatoms. The Morgan fingerprint density at radius 1 is 0.537 bits per heavy atom. The largest absolute Gasteiger partial charge is 0.472 e. The number of rotatable bonds is 37. The lowest BCUT2D eigenvalue weighted by Gasteiger charge is -2.19. The Morgan fingerprint density at radius 2 is 1.00 bits per heavy atom. The van der Waals surface area contributed by atoms with Crippen molar-refractivity contribution in [3.05, 3.63) is 85.1 Å². The number of unbranched alkanes of at least 4 members (excludes halogenated alkanes) is 12. The van der Waals surface area contributed by atoms with Crippen molar-refractivity contribution in [3.8, 4) is 0 Å². The molecule has 2 atom stereocenters. The molecule has 308 valence electrons. The Bertz CT molecular complexity index is 1150. The summed E-state index contributed by atoms with van der Waals surface area (Å²) in [4.78, 5) is 34.6. The normalized spacial score (nSPS) is 14.2. The van der Waals surface area contributed by atoms with Crippen LogP contribution in [0.5, 0.6) is 0 Å². The summed E-state index contributed by atoms with van der Waals surface area (Å²) in [5.41, 5.74) is 0. The third-order valence-electron chi connectivity index (χ3n) is 8.22. The van der Waals surface area contributed by atoms with E-state index in [1.54, 1.807) is 13.0 Å². The second kappa shape index (κ2) is 39.9. The highest BCUT2D eigenvalue weighted by molar-refractivity contribution is 7.47. The van der Waals surface area contributed by atoms with Crippen LogP contribution >= 0.6 is 7.82 Å². The molecule has 0 amide bonds. The van der Waals surface area contributed by atoms with Crippen LogP contribution in [0.3, 0.4) is 0 Å². The van der Waals surface area contributed by atoms with Gasteiger partial charge in [-0.25, -0.2) is 4.57 Å². The van der Waals surface area contributed by atoms with Crippen molar-refractivity contribution >= 4 is 19.8 Å². The molecule has 0 radical (unpaired) electrons. The number of ether oxygens (including phenoxy) is 2. The predicted octanol–water partition coefficient (Wildman–Crippen LogP) is 13.1. The van der Waals surface area contributed by atoms with Crippen molar-refractivity contribution in [3.63, 3.8) is 0 Å². The Balaban J connectivity index is 4.22. The number of hydrogen-bond donors (Lipinski definition) is 1. The summed E-state index contributed by atoms with van der Waals surface area (Å²) in [6, 6.07) is 0. The van der Waals surface area contributed by atoms with Gasteiger partial charge in [0, 0.05) is 6.42 Å². The summed E-state index contributed by atoms with van der Waals surface area (Å²) in [5.74, 6) is -0.957. The fourth-order valence-corrected chi connectivity index (χ4v) is 5.96. The van der Waals surface area contributed by atoms with Crippen LogP contribution in [0.1, 0.15) is 162 Å². The fraction of sp³-hybridized carbons (Fsp3) is 0.644. The number of esters is 2. The summed E-state index contributed by atoms with van der Waals surface area (Å²) in [6.07, 6.45) is 50.9.